The van der Waals surface area contributed by atoms with Gasteiger partial charge in [-0.2, -0.15) is 0 Å². The van der Waals surface area contributed by atoms with Crippen LogP contribution in [0.2, 0.25) is 0 Å². The van der Waals surface area contributed by atoms with Gasteiger partial charge < -0.3 is 19.9 Å². The van der Waals surface area contributed by atoms with Crippen molar-refractivity contribution in [2.45, 2.75) is 19.3 Å². The van der Waals surface area contributed by atoms with Crippen LogP contribution in [0.25, 0.3) is 0 Å². The van der Waals surface area contributed by atoms with E-state index in [0.29, 0.717) is 37.5 Å². The van der Waals surface area contributed by atoms with Gasteiger partial charge in [-0.1, -0.05) is 6.07 Å². The first-order chi connectivity index (χ1) is 10.1. The number of rotatable bonds is 10. The van der Waals surface area contributed by atoms with Gasteiger partial charge in [0.1, 0.15) is 5.75 Å². The predicted octanol–water partition coefficient (Wildman–Crippen LogP) is 1.70. The maximum Gasteiger partial charge on any atom is 0.303 e. The smallest absolute Gasteiger partial charge is 0.303 e. The van der Waals surface area contributed by atoms with Crippen molar-refractivity contribution in [2.24, 2.45) is 0 Å². The number of methoxy groups -OCH3 is 1. The van der Waals surface area contributed by atoms with Crippen molar-refractivity contribution < 1.29 is 24.2 Å². The highest BCUT2D eigenvalue weighted by Crippen LogP contribution is 2.13. The van der Waals surface area contributed by atoms with Crippen LogP contribution in [0.4, 0.5) is 0 Å². The van der Waals surface area contributed by atoms with Crippen molar-refractivity contribution in [3.63, 3.8) is 0 Å². The maximum atomic E-state index is 11.9. The number of hydrogen-bond donors (Lipinski definition) is 2. The predicted molar refractivity (Wildman–Crippen MR) is 77.6 cm³/mol. The molecule has 0 saturated heterocycles. The molecular formula is C15H21NO5. The zero-order chi connectivity index (χ0) is 15.5. The quantitative estimate of drug-likeness (QED) is 0.642. The number of carbonyl (C=O) groups is 2. The van der Waals surface area contributed by atoms with Crippen LogP contribution in [0, 0.1) is 0 Å². The topological polar surface area (TPSA) is 84.9 Å². The monoisotopic (exact) mass is 295 g/mol. The molecule has 0 atom stereocenters. The first-order valence-corrected chi connectivity index (χ1v) is 6.85. The molecule has 0 aliphatic rings. The summed E-state index contributed by atoms with van der Waals surface area (Å²) in [5.74, 6) is -0.470. The van der Waals surface area contributed by atoms with Gasteiger partial charge in [-0.25, -0.2) is 0 Å². The maximum absolute atomic E-state index is 11.9. The Labute approximate surface area is 124 Å². The van der Waals surface area contributed by atoms with Crippen LogP contribution in [0.3, 0.4) is 0 Å². The van der Waals surface area contributed by atoms with E-state index in [4.69, 9.17) is 14.6 Å². The Hall–Kier alpha value is -2.08. The third-order valence-electron chi connectivity index (χ3n) is 2.71. The molecule has 0 spiro atoms. The van der Waals surface area contributed by atoms with Crippen LogP contribution in [-0.4, -0.2) is 43.9 Å². The number of nitrogens with one attached hydrogen (secondary N) is 1. The number of aliphatic carboxylic acids is 1. The number of carbonyl (C=O) groups excluding carboxylic acids is 1. The lowest BCUT2D eigenvalue weighted by atomic mass is 10.2. The molecule has 1 aromatic rings. The zero-order valence-electron chi connectivity index (χ0n) is 12.1. The van der Waals surface area contributed by atoms with Crippen LogP contribution >= 0.6 is 0 Å². The minimum atomic E-state index is -0.865. The molecule has 0 aliphatic carbocycles. The van der Waals surface area contributed by atoms with Gasteiger partial charge in [-0.05, 0) is 24.6 Å². The molecule has 0 radical (unpaired) electrons. The van der Waals surface area contributed by atoms with Gasteiger partial charge in [0, 0.05) is 38.7 Å². The number of benzene rings is 1. The molecule has 0 unspecified atom stereocenters. The lowest BCUT2D eigenvalue weighted by molar-refractivity contribution is -0.137. The molecule has 2 N–H and O–H groups in total. The van der Waals surface area contributed by atoms with Gasteiger partial charge in [0.15, 0.2) is 0 Å². The van der Waals surface area contributed by atoms with E-state index in [9.17, 15) is 9.59 Å². The van der Waals surface area contributed by atoms with Crippen molar-refractivity contribution in [1.82, 2.24) is 5.32 Å². The summed E-state index contributed by atoms with van der Waals surface area (Å²) in [6, 6.07) is 6.89. The molecule has 0 heterocycles. The Bertz CT molecular complexity index is 461. The van der Waals surface area contributed by atoms with Crippen molar-refractivity contribution in [3.8, 4) is 5.75 Å². The van der Waals surface area contributed by atoms with E-state index in [1.165, 1.54) is 0 Å². The third kappa shape index (κ3) is 7.31. The molecule has 0 saturated carbocycles. The highest BCUT2D eigenvalue weighted by atomic mass is 16.5. The van der Waals surface area contributed by atoms with E-state index in [1.54, 1.807) is 31.4 Å². The summed E-state index contributed by atoms with van der Waals surface area (Å²) in [5.41, 5.74) is 0.495. The van der Waals surface area contributed by atoms with Crippen LogP contribution in [0.5, 0.6) is 5.75 Å². The van der Waals surface area contributed by atoms with E-state index in [0.717, 1.165) is 6.42 Å². The summed E-state index contributed by atoms with van der Waals surface area (Å²) in [4.78, 5) is 22.3. The number of hydrogen-bond acceptors (Lipinski definition) is 4. The molecule has 1 amide bonds. The highest BCUT2D eigenvalue weighted by molar-refractivity contribution is 5.94. The molecule has 0 fully saturated rings. The normalized spacial score (nSPS) is 10.1. The molecule has 1 rings (SSSR count). The first-order valence-electron chi connectivity index (χ1n) is 6.85. The molecule has 6 nitrogen and oxygen atoms in total. The second-order valence-electron chi connectivity index (χ2n) is 4.48. The summed E-state index contributed by atoms with van der Waals surface area (Å²) in [7, 11) is 1.63. The standard InChI is InChI=1S/C15H21NO5/c1-20-9-4-10-21-13-6-2-5-12(11-13)15(19)16-8-3-7-14(17)18/h2,5-6,11H,3-4,7-10H2,1H3,(H,16,19)(H,17,18). The fourth-order valence-corrected chi connectivity index (χ4v) is 1.66. The van der Waals surface area contributed by atoms with Crippen molar-refractivity contribution in [3.05, 3.63) is 29.8 Å². The Morgan fingerprint density at radius 1 is 1.24 bits per heavy atom. The number of carboxylic acids is 1. The molecule has 0 aliphatic heterocycles. The molecule has 0 aromatic heterocycles. The van der Waals surface area contributed by atoms with E-state index in [-0.39, 0.29) is 12.3 Å². The van der Waals surface area contributed by atoms with Crippen molar-refractivity contribution in [2.75, 3.05) is 26.9 Å². The number of ether oxygens (including phenoxy) is 2. The largest absolute Gasteiger partial charge is 0.493 e. The van der Waals surface area contributed by atoms with Gasteiger partial charge in [0.2, 0.25) is 0 Å². The lowest BCUT2D eigenvalue weighted by Crippen LogP contribution is -2.24. The summed E-state index contributed by atoms with van der Waals surface area (Å²) in [6.07, 6.45) is 1.24. The summed E-state index contributed by atoms with van der Waals surface area (Å²) >= 11 is 0. The zero-order valence-corrected chi connectivity index (χ0v) is 12.1. The highest BCUT2D eigenvalue weighted by Gasteiger charge is 2.06. The van der Waals surface area contributed by atoms with Crippen LogP contribution in [0.1, 0.15) is 29.6 Å². The fraction of sp³-hybridized carbons (Fsp3) is 0.467. The molecule has 21 heavy (non-hydrogen) atoms. The summed E-state index contributed by atoms with van der Waals surface area (Å²) in [5, 5.41) is 11.2. The van der Waals surface area contributed by atoms with E-state index < -0.39 is 5.97 Å². The fourth-order valence-electron chi connectivity index (χ4n) is 1.66. The van der Waals surface area contributed by atoms with Gasteiger partial charge >= 0.3 is 5.97 Å². The SMILES string of the molecule is COCCCOc1cccc(C(=O)NCCCC(=O)O)c1. The number of amides is 1. The molecular weight excluding hydrogens is 274 g/mol. The molecule has 0 bridgehead atoms. The second-order valence-corrected chi connectivity index (χ2v) is 4.48. The van der Waals surface area contributed by atoms with Gasteiger partial charge in [-0.3, -0.25) is 9.59 Å². The van der Waals surface area contributed by atoms with Crippen molar-refractivity contribution >= 4 is 11.9 Å². The molecule has 6 heteroatoms. The first kappa shape index (κ1) is 17.0. The molecule has 116 valence electrons. The Balaban J connectivity index is 2.39. The average molecular weight is 295 g/mol. The molecule has 1 aromatic carbocycles. The third-order valence-corrected chi connectivity index (χ3v) is 2.71. The van der Waals surface area contributed by atoms with Crippen LogP contribution in [-0.2, 0) is 9.53 Å². The summed E-state index contributed by atoms with van der Waals surface area (Å²) < 4.78 is 10.4. The summed E-state index contributed by atoms with van der Waals surface area (Å²) in [6.45, 7) is 1.49. The minimum Gasteiger partial charge on any atom is -0.493 e. The van der Waals surface area contributed by atoms with Gasteiger partial charge in [0.05, 0.1) is 6.61 Å². The van der Waals surface area contributed by atoms with Crippen LogP contribution in [0.15, 0.2) is 24.3 Å². The Morgan fingerprint density at radius 2 is 2.05 bits per heavy atom. The van der Waals surface area contributed by atoms with Crippen molar-refractivity contribution in [1.29, 1.82) is 0 Å². The van der Waals surface area contributed by atoms with E-state index in [1.807, 2.05) is 0 Å². The second kappa shape index (κ2) is 9.77. The van der Waals surface area contributed by atoms with E-state index >= 15 is 0 Å². The van der Waals surface area contributed by atoms with Gasteiger partial charge in [0.25, 0.3) is 5.91 Å². The Kier molecular flexibility index (Phi) is 7.89. The average Bonchev–Trinajstić information content (AvgIpc) is 2.48. The van der Waals surface area contributed by atoms with E-state index in [2.05, 4.69) is 5.32 Å². The van der Waals surface area contributed by atoms with Crippen LogP contribution < -0.4 is 10.1 Å². The minimum absolute atomic E-state index is 0.0446. The number of carboxylic acid groups (broad SMARTS) is 1. The Morgan fingerprint density at radius 3 is 2.76 bits per heavy atom. The van der Waals surface area contributed by atoms with Gasteiger partial charge in [-0.15, -0.1) is 0 Å². The lowest BCUT2D eigenvalue weighted by Gasteiger charge is -2.08.